The first-order valence-corrected chi connectivity index (χ1v) is 4.64. The lowest BCUT2D eigenvalue weighted by atomic mass is 10.5. The summed E-state index contributed by atoms with van der Waals surface area (Å²) in [5, 5.41) is 2.88. The molecule has 0 saturated heterocycles. The zero-order chi connectivity index (χ0) is 10.1. The molecule has 78 valence electrons. The maximum Gasteiger partial charge on any atom is 0.319 e. The molecule has 0 aliphatic carbocycles. The van der Waals surface area contributed by atoms with Gasteiger partial charge in [0.2, 0.25) is 0 Å². The van der Waals surface area contributed by atoms with Gasteiger partial charge in [0.05, 0.1) is 19.3 Å². The second-order valence-electron chi connectivity index (χ2n) is 2.92. The summed E-state index contributed by atoms with van der Waals surface area (Å²) in [5.74, 6) is -0.228. The molecule has 0 amide bonds. The van der Waals surface area contributed by atoms with E-state index in [9.17, 15) is 4.79 Å². The molecule has 0 aliphatic rings. The van der Waals surface area contributed by atoms with Gasteiger partial charge in [-0.15, -0.1) is 0 Å². The van der Waals surface area contributed by atoms with Gasteiger partial charge in [0.25, 0.3) is 0 Å². The van der Waals surface area contributed by atoms with E-state index in [1.165, 1.54) is 0 Å². The second-order valence-corrected chi connectivity index (χ2v) is 2.92. The Kier molecular flexibility index (Phi) is 7.63. The maximum atomic E-state index is 10.9. The SMILES string of the molecule is CCNCC(=O)OCCOC(C)C. The molecule has 4 heteroatoms. The Morgan fingerprint density at radius 2 is 2.08 bits per heavy atom. The molecule has 0 bridgehead atoms. The Balaban J connectivity index is 3.17. The molecule has 0 aromatic rings. The normalized spacial score (nSPS) is 10.5. The van der Waals surface area contributed by atoms with Crippen LogP contribution in [-0.2, 0) is 14.3 Å². The lowest BCUT2D eigenvalue weighted by Crippen LogP contribution is -2.25. The van der Waals surface area contributed by atoms with Crippen LogP contribution >= 0.6 is 0 Å². The van der Waals surface area contributed by atoms with E-state index in [1.807, 2.05) is 20.8 Å². The highest BCUT2D eigenvalue weighted by Crippen LogP contribution is 1.87. The van der Waals surface area contributed by atoms with E-state index < -0.39 is 0 Å². The third kappa shape index (κ3) is 9.30. The predicted octanol–water partition coefficient (Wildman–Crippen LogP) is 0.564. The molecule has 1 N–H and O–H groups in total. The van der Waals surface area contributed by atoms with E-state index in [-0.39, 0.29) is 18.6 Å². The highest BCUT2D eigenvalue weighted by Gasteiger charge is 2.00. The average Bonchev–Trinajstić information content (AvgIpc) is 2.08. The van der Waals surface area contributed by atoms with Crippen molar-refractivity contribution in [2.24, 2.45) is 0 Å². The molecule has 0 saturated carbocycles. The van der Waals surface area contributed by atoms with Crippen LogP contribution in [0.15, 0.2) is 0 Å². The van der Waals surface area contributed by atoms with Crippen LogP contribution in [-0.4, -0.2) is 38.4 Å². The largest absolute Gasteiger partial charge is 0.462 e. The molecule has 0 spiro atoms. The van der Waals surface area contributed by atoms with Gasteiger partial charge in [0.1, 0.15) is 6.61 Å². The maximum absolute atomic E-state index is 10.9. The lowest BCUT2D eigenvalue weighted by molar-refractivity contribution is -0.144. The van der Waals surface area contributed by atoms with Gasteiger partial charge in [0, 0.05) is 0 Å². The van der Waals surface area contributed by atoms with Crippen LogP contribution in [0.4, 0.5) is 0 Å². The van der Waals surface area contributed by atoms with Gasteiger partial charge in [-0.1, -0.05) is 6.92 Å². The van der Waals surface area contributed by atoms with Crippen molar-refractivity contribution in [1.82, 2.24) is 5.32 Å². The highest BCUT2D eigenvalue weighted by molar-refractivity contribution is 5.71. The molecular weight excluding hydrogens is 170 g/mol. The minimum Gasteiger partial charge on any atom is -0.462 e. The van der Waals surface area contributed by atoms with Crippen molar-refractivity contribution in [2.75, 3.05) is 26.3 Å². The molecular formula is C9H19NO3. The number of carbonyl (C=O) groups excluding carboxylic acids is 1. The zero-order valence-corrected chi connectivity index (χ0v) is 8.63. The Bertz CT molecular complexity index is 137. The first-order valence-electron chi connectivity index (χ1n) is 4.64. The van der Waals surface area contributed by atoms with Crippen LogP contribution in [0, 0.1) is 0 Å². The number of likely N-dealkylation sites (N-methyl/N-ethyl adjacent to an activating group) is 1. The van der Waals surface area contributed by atoms with E-state index in [4.69, 9.17) is 9.47 Å². The van der Waals surface area contributed by atoms with Crippen molar-refractivity contribution < 1.29 is 14.3 Å². The third-order valence-corrected chi connectivity index (χ3v) is 1.32. The number of nitrogens with one attached hydrogen (secondary N) is 1. The smallest absolute Gasteiger partial charge is 0.319 e. The van der Waals surface area contributed by atoms with Crippen molar-refractivity contribution in [3.05, 3.63) is 0 Å². The number of esters is 1. The number of ether oxygens (including phenoxy) is 2. The Morgan fingerprint density at radius 3 is 2.62 bits per heavy atom. The molecule has 0 radical (unpaired) electrons. The molecule has 0 heterocycles. The summed E-state index contributed by atoms with van der Waals surface area (Å²) in [6, 6.07) is 0. The van der Waals surface area contributed by atoms with Gasteiger partial charge in [-0.25, -0.2) is 0 Å². The average molecular weight is 189 g/mol. The van der Waals surface area contributed by atoms with Crippen LogP contribution in [0.25, 0.3) is 0 Å². The molecule has 0 atom stereocenters. The second kappa shape index (κ2) is 8.01. The first-order chi connectivity index (χ1) is 6.16. The van der Waals surface area contributed by atoms with Gasteiger partial charge >= 0.3 is 5.97 Å². The number of carbonyl (C=O) groups is 1. The van der Waals surface area contributed by atoms with E-state index in [0.717, 1.165) is 6.54 Å². The summed E-state index contributed by atoms with van der Waals surface area (Å²) in [7, 11) is 0. The third-order valence-electron chi connectivity index (χ3n) is 1.32. The van der Waals surface area contributed by atoms with Crippen LogP contribution in [0.3, 0.4) is 0 Å². The molecule has 0 aliphatic heterocycles. The molecule has 0 fully saturated rings. The van der Waals surface area contributed by atoms with Crippen molar-refractivity contribution in [3.8, 4) is 0 Å². The molecule has 13 heavy (non-hydrogen) atoms. The zero-order valence-electron chi connectivity index (χ0n) is 8.63. The summed E-state index contributed by atoms with van der Waals surface area (Å²) < 4.78 is 10.1. The number of hydrogen-bond donors (Lipinski definition) is 1. The fourth-order valence-electron chi connectivity index (χ4n) is 0.717. The molecule has 0 unspecified atom stereocenters. The van der Waals surface area contributed by atoms with Crippen LogP contribution in [0.5, 0.6) is 0 Å². The molecule has 4 nitrogen and oxygen atoms in total. The monoisotopic (exact) mass is 189 g/mol. The van der Waals surface area contributed by atoms with Crippen molar-refractivity contribution in [2.45, 2.75) is 26.9 Å². The summed E-state index contributed by atoms with van der Waals surface area (Å²) in [6.07, 6.45) is 0.187. The van der Waals surface area contributed by atoms with Gasteiger partial charge in [-0.2, -0.15) is 0 Å². The van der Waals surface area contributed by atoms with Gasteiger partial charge in [-0.05, 0) is 20.4 Å². The van der Waals surface area contributed by atoms with E-state index in [1.54, 1.807) is 0 Å². The lowest BCUT2D eigenvalue weighted by Gasteiger charge is -2.08. The van der Waals surface area contributed by atoms with Gasteiger partial charge in [-0.3, -0.25) is 4.79 Å². The topological polar surface area (TPSA) is 47.6 Å². The summed E-state index contributed by atoms with van der Waals surface area (Å²) in [5.41, 5.74) is 0. The Labute approximate surface area is 79.6 Å². The highest BCUT2D eigenvalue weighted by atomic mass is 16.6. The van der Waals surface area contributed by atoms with E-state index in [2.05, 4.69) is 5.32 Å². The minimum atomic E-state index is -0.228. The Hall–Kier alpha value is -0.610. The van der Waals surface area contributed by atoms with Crippen molar-refractivity contribution >= 4 is 5.97 Å². The first kappa shape index (κ1) is 12.4. The molecule has 0 aromatic carbocycles. The Morgan fingerprint density at radius 1 is 1.38 bits per heavy atom. The van der Waals surface area contributed by atoms with Crippen molar-refractivity contribution in [1.29, 1.82) is 0 Å². The number of hydrogen-bond acceptors (Lipinski definition) is 4. The fourth-order valence-corrected chi connectivity index (χ4v) is 0.717. The molecule has 0 rings (SSSR count). The van der Waals surface area contributed by atoms with Crippen LogP contribution in [0.1, 0.15) is 20.8 Å². The van der Waals surface area contributed by atoms with Gasteiger partial charge < -0.3 is 14.8 Å². The standard InChI is InChI=1S/C9H19NO3/c1-4-10-7-9(11)13-6-5-12-8(2)3/h8,10H,4-7H2,1-3H3. The summed E-state index contributed by atoms with van der Waals surface area (Å²) >= 11 is 0. The van der Waals surface area contributed by atoms with E-state index >= 15 is 0 Å². The summed E-state index contributed by atoms with van der Waals surface area (Å²) in [4.78, 5) is 10.9. The van der Waals surface area contributed by atoms with Crippen molar-refractivity contribution in [3.63, 3.8) is 0 Å². The number of rotatable bonds is 7. The van der Waals surface area contributed by atoms with E-state index in [0.29, 0.717) is 13.2 Å². The minimum absolute atomic E-state index is 0.187. The van der Waals surface area contributed by atoms with Crippen LogP contribution < -0.4 is 5.32 Å². The quantitative estimate of drug-likeness (QED) is 0.469. The fraction of sp³-hybridized carbons (Fsp3) is 0.889. The summed E-state index contributed by atoms with van der Waals surface area (Å²) in [6.45, 7) is 7.68. The molecule has 0 aromatic heterocycles. The van der Waals surface area contributed by atoms with Gasteiger partial charge in [0.15, 0.2) is 0 Å². The van der Waals surface area contributed by atoms with Crippen LogP contribution in [0.2, 0.25) is 0 Å². The predicted molar refractivity (Wildman–Crippen MR) is 50.6 cm³/mol.